The number of hydrogen-bond acceptors (Lipinski definition) is 5. The van der Waals surface area contributed by atoms with Gasteiger partial charge in [-0.05, 0) is 53.3 Å². The molecular weight excluding hydrogens is 392 g/mol. The van der Waals surface area contributed by atoms with Gasteiger partial charge in [-0.1, -0.05) is 43.7 Å². The van der Waals surface area contributed by atoms with E-state index in [-0.39, 0.29) is 36.1 Å². The predicted octanol–water partition coefficient (Wildman–Crippen LogP) is 4.65. The van der Waals surface area contributed by atoms with Gasteiger partial charge in [0.15, 0.2) is 0 Å². The van der Waals surface area contributed by atoms with Gasteiger partial charge >= 0.3 is 0 Å². The van der Waals surface area contributed by atoms with Gasteiger partial charge in [-0.2, -0.15) is 0 Å². The number of rotatable bonds is 6. The van der Waals surface area contributed by atoms with Crippen LogP contribution >= 0.6 is 23.1 Å². The number of nitrogens with one attached hydrogen (secondary N) is 1. The summed E-state index contributed by atoms with van der Waals surface area (Å²) >= 11 is 2.33. The molecule has 1 N–H and O–H groups in total. The van der Waals surface area contributed by atoms with Crippen LogP contribution in [0.3, 0.4) is 0 Å². The normalized spacial score (nSPS) is 15.7. The van der Waals surface area contributed by atoms with Crippen LogP contribution in [0.5, 0.6) is 0 Å². The quantitative estimate of drug-likeness (QED) is 0.699. The third-order valence-corrected chi connectivity index (χ3v) is 6.23. The first-order valence-electron chi connectivity index (χ1n) is 9.04. The number of hydrogen-bond donors (Lipinski definition) is 1. The topological polar surface area (TPSA) is 66.5 Å². The molecule has 3 rings (SSSR count). The number of benzene rings is 1. The molecule has 1 fully saturated rings. The Bertz CT molecular complexity index is 929. The summed E-state index contributed by atoms with van der Waals surface area (Å²) in [6, 6.07) is 9.70. The number of imide groups is 1. The highest BCUT2D eigenvalue weighted by atomic mass is 32.2. The van der Waals surface area contributed by atoms with Crippen molar-refractivity contribution in [3.63, 3.8) is 0 Å². The smallest absolute Gasteiger partial charge is 0.293 e. The highest BCUT2D eigenvalue weighted by molar-refractivity contribution is 8.18. The summed E-state index contributed by atoms with van der Waals surface area (Å²) in [7, 11) is 0. The summed E-state index contributed by atoms with van der Waals surface area (Å²) < 4.78 is 0. The van der Waals surface area contributed by atoms with Gasteiger partial charge in [-0.25, -0.2) is 0 Å². The van der Waals surface area contributed by atoms with E-state index >= 15 is 0 Å². The predicted molar refractivity (Wildman–Crippen MR) is 115 cm³/mol. The molecule has 0 saturated carbocycles. The van der Waals surface area contributed by atoms with Gasteiger partial charge in [0, 0.05) is 13.1 Å². The van der Waals surface area contributed by atoms with Gasteiger partial charge in [0.25, 0.3) is 17.1 Å². The average molecular weight is 415 g/mol. The molecule has 5 nitrogen and oxygen atoms in total. The summed E-state index contributed by atoms with van der Waals surface area (Å²) in [6.45, 7) is 6.46. The van der Waals surface area contributed by atoms with Gasteiger partial charge < -0.3 is 5.32 Å². The lowest BCUT2D eigenvalue weighted by Crippen LogP contribution is -2.37. The zero-order valence-electron chi connectivity index (χ0n) is 16.0. The number of thiophene rings is 1. The zero-order chi connectivity index (χ0) is 20.3. The molecule has 0 unspecified atom stereocenters. The molecule has 1 saturated heterocycles. The third kappa shape index (κ3) is 4.54. The second-order valence-corrected chi connectivity index (χ2v) is 8.77. The summed E-state index contributed by atoms with van der Waals surface area (Å²) in [6.07, 6.45) is 1.73. The first-order valence-corrected chi connectivity index (χ1v) is 10.7. The Morgan fingerprint density at radius 1 is 1.18 bits per heavy atom. The largest absolute Gasteiger partial charge is 0.350 e. The number of amides is 3. The Balaban J connectivity index is 1.59. The standard InChI is InChI=1S/C21H22N2O3S2/c1-13(2)16-8-11-27-18(16)19(24)22-9-10-23-20(25)17(28-21(23)26)12-15-6-4-14(3)5-7-15/h4-8,11-13H,9-10H2,1-3H3,(H,22,24)/b17-12+. The monoisotopic (exact) mass is 414 g/mol. The van der Waals surface area contributed by atoms with Gasteiger partial charge in [0.1, 0.15) is 0 Å². The molecule has 28 heavy (non-hydrogen) atoms. The minimum absolute atomic E-state index is 0.157. The van der Waals surface area contributed by atoms with Crippen LogP contribution in [0.4, 0.5) is 4.79 Å². The zero-order valence-corrected chi connectivity index (χ0v) is 17.7. The van der Waals surface area contributed by atoms with Crippen LogP contribution in [0.2, 0.25) is 0 Å². The van der Waals surface area contributed by atoms with E-state index in [9.17, 15) is 14.4 Å². The Kier molecular flexibility index (Phi) is 6.36. The Morgan fingerprint density at radius 2 is 1.89 bits per heavy atom. The maximum absolute atomic E-state index is 12.5. The molecule has 2 aromatic rings. The van der Waals surface area contributed by atoms with Gasteiger partial charge in [-0.3, -0.25) is 19.3 Å². The lowest BCUT2D eigenvalue weighted by molar-refractivity contribution is -0.122. The van der Waals surface area contributed by atoms with E-state index in [1.165, 1.54) is 16.2 Å². The van der Waals surface area contributed by atoms with E-state index in [4.69, 9.17) is 0 Å². The lowest BCUT2D eigenvalue weighted by atomic mass is 10.0. The van der Waals surface area contributed by atoms with Crippen molar-refractivity contribution in [1.29, 1.82) is 0 Å². The fraction of sp³-hybridized carbons (Fsp3) is 0.286. The first kappa shape index (κ1) is 20.4. The SMILES string of the molecule is Cc1ccc(/C=C2/SC(=O)N(CCNC(=O)c3sccc3C(C)C)C2=O)cc1. The van der Waals surface area contributed by atoms with Crippen molar-refractivity contribution < 1.29 is 14.4 Å². The molecular formula is C21H22N2O3S2. The number of aryl methyl sites for hydroxylation is 1. The Labute approximate surface area is 172 Å². The fourth-order valence-electron chi connectivity index (χ4n) is 2.83. The van der Waals surface area contributed by atoms with E-state index < -0.39 is 0 Å². The molecule has 1 aliphatic rings. The molecule has 0 bridgehead atoms. The van der Waals surface area contributed by atoms with Crippen LogP contribution < -0.4 is 5.32 Å². The van der Waals surface area contributed by atoms with Gasteiger partial charge in [-0.15, -0.1) is 11.3 Å². The molecule has 1 aliphatic heterocycles. The van der Waals surface area contributed by atoms with Crippen molar-refractivity contribution in [2.75, 3.05) is 13.1 Å². The molecule has 0 spiro atoms. The van der Waals surface area contributed by atoms with Crippen LogP contribution in [-0.2, 0) is 4.79 Å². The maximum atomic E-state index is 12.5. The average Bonchev–Trinajstić information content (AvgIpc) is 3.24. The van der Waals surface area contributed by atoms with E-state index in [0.29, 0.717) is 9.78 Å². The third-order valence-electron chi connectivity index (χ3n) is 4.39. The summed E-state index contributed by atoms with van der Waals surface area (Å²) in [5, 5.41) is 4.41. The number of nitrogens with zero attached hydrogens (tertiary/aromatic N) is 1. The highest BCUT2D eigenvalue weighted by Gasteiger charge is 2.34. The maximum Gasteiger partial charge on any atom is 0.293 e. The number of carbonyl (C=O) groups excluding carboxylic acids is 3. The van der Waals surface area contributed by atoms with E-state index in [0.717, 1.165) is 28.5 Å². The van der Waals surface area contributed by atoms with Crippen molar-refractivity contribution in [3.8, 4) is 0 Å². The summed E-state index contributed by atoms with van der Waals surface area (Å²) in [5.74, 6) is -0.218. The summed E-state index contributed by atoms with van der Waals surface area (Å²) in [5.41, 5.74) is 3.02. The minimum atomic E-state index is -0.316. The van der Waals surface area contributed by atoms with Gasteiger partial charge in [0.2, 0.25) is 0 Å². The van der Waals surface area contributed by atoms with Crippen LogP contribution in [0.1, 0.15) is 46.1 Å². The molecule has 1 aromatic carbocycles. The fourth-order valence-corrected chi connectivity index (χ4v) is 4.66. The molecule has 2 heterocycles. The first-order chi connectivity index (χ1) is 13.4. The van der Waals surface area contributed by atoms with E-state index in [1.54, 1.807) is 6.08 Å². The number of carbonyl (C=O) groups is 3. The van der Waals surface area contributed by atoms with Gasteiger partial charge in [0.05, 0.1) is 9.78 Å². The van der Waals surface area contributed by atoms with Crippen molar-refractivity contribution >= 4 is 46.2 Å². The van der Waals surface area contributed by atoms with Crippen molar-refractivity contribution in [1.82, 2.24) is 10.2 Å². The molecule has 0 atom stereocenters. The molecule has 0 aliphatic carbocycles. The molecule has 0 radical (unpaired) electrons. The van der Waals surface area contributed by atoms with Crippen LogP contribution in [0.25, 0.3) is 6.08 Å². The second-order valence-electron chi connectivity index (χ2n) is 6.86. The molecule has 146 valence electrons. The molecule has 7 heteroatoms. The van der Waals surface area contributed by atoms with Crippen molar-refractivity contribution in [3.05, 3.63) is 62.2 Å². The van der Waals surface area contributed by atoms with Crippen molar-refractivity contribution in [2.45, 2.75) is 26.7 Å². The van der Waals surface area contributed by atoms with E-state index in [1.807, 2.05) is 56.5 Å². The van der Waals surface area contributed by atoms with Crippen LogP contribution in [0, 0.1) is 6.92 Å². The Morgan fingerprint density at radius 3 is 2.57 bits per heavy atom. The van der Waals surface area contributed by atoms with Crippen molar-refractivity contribution in [2.24, 2.45) is 0 Å². The summed E-state index contributed by atoms with van der Waals surface area (Å²) in [4.78, 5) is 39.4. The Hall–Kier alpha value is -2.38. The molecule has 3 amide bonds. The second kappa shape index (κ2) is 8.75. The minimum Gasteiger partial charge on any atom is -0.350 e. The highest BCUT2D eigenvalue weighted by Crippen LogP contribution is 2.32. The molecule has 1 aromatic heterocycles. The lowest BCUT2D eigenvalue weighted by Gasteiger charge is -2.13. The van der Waals surface area contributed by atoms with Crippen LogP contribution in [0.15, 0.2) is 40.6 Å². The number of thioether (sulfide) groups is 1. The van der Waals surface area contributed by atoms with E-state index in [2.05, 4.69) is 5.32 Å². The van der Waals surface area contributed by atoms with Crippen LogP contribution in [-0.4, -0.2) is 35.0 Å².